The van der Waals surface area contributed by atoms with Crippen LogP contribution in [0.3, 0.4) is 0 Å². The summed E-state index contributed by atoms with van der Waals surface area (Å²) in [5, 5.41) is 9.13. The zero-order valence-corrected chi connectivity index (χ0v) is 15.5. The highest BCUT2D eigenvalue weighted by Crippen LogP contribution is 2.34. The number of aromatic nitrogens is 1. The summed E-state index contributed by atoms with van der Waals surface area (Å²) in [6, 6.07) is 20.6. The van der Waals surface area contributed by atoms with Crippen molar-refractivity contribution in [2.24, 2.45) is 0 Å². The lowest BCUT2D eigenvalue weighted by atomic mass is 10.2. The van der Waals surface area contributed by atoms with Crippen molar-refractivity contribution < 1.29 is 28.2 Å². The molecule has 0 aliphatic rings. The van der Waals surface area contributed by atoms with Gasteiger partial charge < -0.3 is 14.6 Å². The first kappa shape index (κ1) is 18.8. The largest absolute Gasteiger partial charge is 0.501 e. The van der Waals surface area contributed by atoms with Crippen LogP contribution < -0.4 is 9.47 Å². The van der Waals surface area contributed by atoms with Crippen molar-refractivity contribution in [1.82, 2.24) is 4.98 Å². The van der Waals surface area contributed by atoms with E-state index in [1.807, 2.05) is 48.5 Å². The molecule has 0 saturated carbocycles. The summed E-state index contributed by atoms with van der Waals surface area (Å²) in [5.74, 6) is -1.19. The normalized spacial score (nSPS) is 11.4. The van der Waals surface area contributed by atoms with Crippen molar-refractivity contribution >= 4 is 27.5 Å². The zero-order chi connectivity index (χ0) is 20.4. The topological polar surface area (TPSA) is 68.7 Å². The fourth-order valence-electron chi connectivity index (χ4n) is 2.57. The van der Waals surface area contributed by atoms with E-state index in [1.165, 1.54) is 23.5 Å². The number of ether oxygens (including phenoxy) is 2. The second-order valence-electron chi connectivity index (χ2n) is 6.01. The van der Waals surface area contributed by atoms with Crippen LogP contribution in [0.15, 0.2) is 72.8 Å². The second kappa shape index (κ2) is 7.48. The van der Waals surface area contributed by atoms with E-state index >= 15 is 0 Å². The predicted octanol–water partition coefficient (Wildman–Crippen LogP) is 5.81. The molecule has 1 aromatic heterocycles. The number of nitrogens with zero attached hydrogens (tertiary/aromatic N) is 1. The van der Waals surface area contributed by atoms with Gasteiger partial charge in [-0.15, -0.1) is 11.3 Å². The van der Waals surface area contributed by atoms with E-state index < -0.39 is 12.1 Å². The first-order valence-electron chi connectivity index (χ1n) is 8.45. The molecule has 29 heavy (non-hydrogen) atoms. The van der Waals surface area contributed by atoms with Gasteiger partial charge in [0.25, 0.3) is 0 Å². The Balaban J connectivity index is 1.55. The average Bonchev–Trinajstić information content (AvgIpc) is 3.12. The number of carboxylic acids is 1. The molecule has 0 saturated heterocycles. The van der Waals surface area contributed by atoms with Crippen molar-refractivity contribution in [2.75, 3.05) is 0 Å². The SMILES string of the molecule is O=C(O)C(F)(F)Oc1ccc(-c2nc3ccc(Oc4ccccc4)cc3s2)cc1. The third-order valence-electron chi connectivity index (χ3n) is 3.94. The van der Waals surface area contributed by atoms with Crippen LogP contribution in [0, 0.1) is 0 Å². The molecule has 4 aromatic rings. The predicted molar refractivity (Wildman–Crippen MR) is 105 cm³/mol. The summed E-state index contributed by atoms with van der Waals surface area (Å²) in [6.45, 7) is 0. The Bertz CT molecular complexity index is 1160. The number of aliphatic carboxylic acids is 1. The summed E-state index contributed by atoms with van der Waals surface area (Å²) in [6.07, 6.45) is -4.29. The molecular weight excluding hydrogens is 400 g/mol. The average molecular weight is 413 g/mol. The smallest absolute Gasteiger partial charge is 0.474 e. The summed E-state index contributed by atoms with van der Waals surface area (Å²) >= 11 is 1.42. The third kappa shape index (κ3) is 4.17. The molecule has 8 heteroatoms. The Morgan fingerprint density at radius 1 is 0.931 bits per heavy atom. The highest BCUT2D eigenvalue weighted by molar-refractivity contribution is 7.21. The van der Waals surface area contributed by atoms with Crippen molar-refractivity contribution in [3.05, 3.63) is 72.8 Å². The van der Waals surface area contributed by atoms with E-state index in [-0.39, 0.29) is 5.75 Å². The van der Waals surface area contributed by atoms with Crippen LogP contribution in [0.4, 0.5) is 8.78 Å². The second-order valence-corrected chi connectivity index (χ2v) is 7.04. The molecule has 0 spiro atoms. The van der Waals surface area contributed by atoms with E-state index in [2.05, 4.69) is 9.72 Å². The number of benzene rings is 3. The zero-order valence-electron chi connectivity index (χ0n) is 14.7. The fraction of sp³-hybridized carbons (Fsp3) is 0.0476. The molecule has 0 radical (unpaired) electrons. The van der Waals surface area contributed by atoms with Crippen LogP contribution in [0.2, 0.25) is 0 Å². The Hall–Kier alpha value is -3.52. The molecule has 0 bridgehead atoms. The minimum atomic E-state index is -4.29. The van der Waals surface area contributed by atoms with Crippen LogP contribution in [0.5, 0.6) is 17.2 Å². The summed E-state index contributed by atoms with van der Waals surface area (Å²) in [5.41, 5.74) is 1.48. The third-order valence-corrected chi connectivity index (χ3v) is 5.00. The van der Waals surface area contributed by atoms with Gasteiger partial charge >= 0.3 is 12.1 Å². The number of alkyl halides is 2. The van der Waals surface area contributed by atoms with E-state index in [1.54, 1.807) is 12.1 Å². The number of hydrogen-bond donors (Lipinski definition) is 1. The van der Waals surface area contributed by atoms with Crippen LogP contribution in [0.25, 0.3) is 20.8 Å². The molecule has 0 fully saturated rings. The number of para-hydroxylation sites is 1. The molecule has 0 atom stereocenters. The molecule has 0 amide bonds. The molecular formula is C21H13F2NO4S. The van der Waals surface area contributed by atoms with E-state index in [0.717, 1.165) is 16.0 Å². The van der Waals surface area contributed by atoms with Crippen LogP contribution in [-0.2, 0) is 4.79 Å². The molecule has 0 aliphatic heterocycles. The first-order chi connectivity index (χ1) is 13.9. The number of hydrogen-bond acceptors (Lipinski definition) is 5. The van der Waals surface area contributed by atoms with Gasteiger partial charge in [-0.25, -0.2) is 9.78 Å². The molecule has 3 aromatic carbocycles. The number of rotatable bonds is 6. The van der Waals surface area contributed by atoms with Crippen LogP contribution in [0.1, 0.15) is 0 Å². The minimum Gasteiger partial charge on any atom is -0.474 e. The van der Waals surface area contributed by atoms with Crippen molar-refractivity contribution in [1.29, 1.82) is 0 Å². The van der Waals surface area contributed by atoms with Crippen LogP contribution >= 0.6 is 11.3 Å². The van der Waals surface area contributed by atoms with Gasteiger partial charge in [0, 0.05) is 11.6 Å². The highest BCUT2D eigenvalue weighted by atomic mass is 32.1. The van der Waals surface area contributed by atoms with Crippen LogP contribution in [-0.4, -0.2) is 22.2 Å². The molecule has 4 rings (SSSR count). The van der Waals surface area contributed by atoms with Crippen molar-refractivity contribution in [3.8, 4) is 27.8 Å². The van der Waals surface area contributed by atoms with Gasteiger partial charge in [-0.05, 0) is 48.5 Å². The summed E-state index contributed by atoms with van der Waals surface area (Å²) in [4.78, 5) is 15.0. The number of thiazole rings is 1. The lowest BCUT2D eigenvalue weighted by Gasteiger charge is -2.13. The van der Waals surface area contributed by atoms with Gasteiger partial charge in [-0.1, -0.05) is 18.2 Å². The lowest BCUT2D eigenvalue weighted by Crippen LogP contribution is -2.34. The van der Waals surface area contributed by atoms with Gasteiger partial charge in [0.2, 0.25) is 0 Å². The Morgan fingerprint density at radius 2 is 1.62 bits per heavy atom. The van der Waals surface area contributed by atoms with Gasteiger partial charge in [0.05, 0.1) is 10.2 Å². The standard InChI is InChI=1S/C21H13F2NO4S/c22-21(23,20(25)26)28-15-8-6-13(7-9-15)19-24-17-11-10-16(12-18(17)29-19)27-14-4-2-1-3-5-14/h1-12H,(H,25,26). The van der Waals surface area contributed by atoms with Gasteiger partial charge in [0.15, 0.2) is 0 Å². The van der Waals surface area contributed by atoms with E-state index in [9.17, 15) is 13.6 Å². The maximum absolute atomic E-state index is 13.1. The van der Waals surface area contributed by atoms with E-state index in [4.69, 9.17) is 9.84 Å². The highest BCUT2D eigenvalue weighted by Gasteiger charge is 2.42. The minimum absolute atomic E-state index is 0.249. The Kier molecular flexibility index (Phi) is 4.85. The monoisotopic (exact) mass is 413 g/mol. The quantitative estimate of drug-likeness (QED) is 0.432. The maximum Gasteiger partial charge on any atom is 0.501 e. The lowest BCUT2D eigenvalue weighted by molar-refractivity contribution is -0.210. The van der Waals surface area contributed by atoms with E-state index in [0.29, 0.717) is 16.3 Å². The number of fused-ring (bicyclic) bond motifs is 1. The summed E-state index contributed by atoms with van der Waals surface area (Å²) in [7, 11) is 0. The maximum atomic E-state index is 13.1. The summed E-state index contributed by atoms with van der Waals surface area (Å²) < 4.78 is 37.2. The number of carboxylic acid groups (broad SMARTS) is 1. The fourth-order valence-corrected chi connectivity index (χ4v) is 3.57. The molecule has 1 N–H and O–H groups in total. The van der Waals surface area contributed by atoms with Gasteiger partial charge in [-0.3, -0.25) is 0 Å². The molecule has 0 aliphatic carbocycles. The Labute approximate surface area is 167 Å². The molecule has 1 heterocycles. The first-order valence-corrected chi connectivity index (χ1v) is 9.26. The van der Waals surface area contributed by atoms with Crippen molar-refractivity contribution in [2.45, 2.75) is 6.11 Å². The Morgan fingerprint density at radius 3 is 2.31 bits per heavy atom. The molecule has 0 unspecified atom stereocenters. The number of halogens is 2. The number of carbonyl (C=O) groups is 1. The van der Waals surface area contributed by atoms with Gasteiger partial charge in [-0.2, -0.15) is 8.78 Å². The molecule has 146 valence electrons. The van der Waals surface area contributed by atoms with Gasteiger partial charge in [0.1, 0.15) is 22.3 Å². The van der Waals surface area contributed by atoms with Crippen molar-refractivity contribution in [3.63, 3.8) is 0 Å². The molecule has 5 nitrogen and oxygen atoms in total.